The van der Waals surface area contributed by atoms with E-state index >= 15 is 0 Å². The van der Waals surface area contributed by atoms with Crippen LogP contribution in [0.15, 0.2) is 0 Å². The number of nitriles is 1. The van der Waals surface area contributed by atoms with Crippen LogP contribution in [-0.4, -0.2) is 19.0 Å². The van der Waals surface area contributed by atoms with Crippen molar-refractivity contribution in [2.75, 3.05) is 13.1 Å². The second-order valence-corrected chi connectivity index (χ2v) is 3.67. The number of nitrogens with two attached hydrogens (primary N) is 1. The van der Waals surface area contributed by atoms with Gasteiger partial charge in [0.05, 0.1) is 6.07 Å². The van der Waals surface area contributed by atoms with Gasteiger partial charge >= 0.3 is 0 Å². The first kappa shape index (κ1) is 10.0. The predicted octanol–water partition coefficient (Wildman–Crippen LogP) is 0.145. The Labute approximate surface area is 78.1 Å². The van der Waals surface area contributed by atoms with E-state index in [4.69, 9.17) is 11.0 Å². The molecule has 1 rings (SSSR count). The molecule has 0 heterocycles. The molecule has 0 aromatic heterocycles. The highest BCUT2D eigenvalue weighted by atomic mass is 16.1. The fraction of sp³-hybridized carbons (Fsp3) is 0.778. The zero-order chi connectivity index (χ0) is 9.73. The number of nitrogens with one attached hydrogen (secondary N) is 1. The summed E-state index contributed by atoms with van der Waals surface area (Å²) in [5, 5.41) is 10.8. The summed E-state index contributed by atoms with van der Waals surface area (Å²) in [5.41, 5.74) is 5.64. The van der Waals surface area contributed by atoms with Gasteiger partial charge in [-0.3, -0.25) is 4.79 Å². The topological polar surface area (TPSA) is 78.9 Å². The van der Waals surface area contributed by atoms with Crippen LogP contribution in [0, 0.1) is 16.7 Å². The summed E-state index contributed by atoms with van der Waals surface area (Å²) in [5.74, 6) is -0.0494. The van der Waals surface area contributed by atoms with E-state index in [1.807, 2.05) is 6.07 Å². The maximum Gasteiger partial charge on any atom is 0.221 e. The first-order valence-electron chi connectivity index (χ1n) is 4.56. The number of carbonyl (C=O) groups excluding carboxylic acids is 1. The Kier molecular flexibility index (Phi) is 3.26. The first-order valence-corrected chi connectivity index (χ1v) is 4.56. The largest absolute Gasteiger partial charge is 0.343 e. The van der Waals surface area contributed by atoms with Crippen LogP contribution in [0.5, 0.6) is 0 Å². The van der Waals surface area contributed by atoms with Gasteiger partial charge in [-0.2, -0.15) is 5.26 Å². The molecule has 0 aromatic carbocycles. The summed E-state index contributed by atoms with van der Waals surface area (Å²) >= 11 is 0. The van der Waals surface area contributed by atoms with Gasteiger partial charge in [0.25, 0.3) is 0 Å². The summed E-state index contributed by atoms with van der Waals surface area (Å²) in [4.78, 5) is 11.3. The van der Waals surface area contributed by atoms with E-state index in [1.165, 1.54) is 6.42 Å². The zero-order valence-corrected chi connectivity index (χ0v) is 7.68. The van der Waals surface area contributed by atoms with Gasteiger partial charge in [0.2, 0.25) is 5.91 Å². The van der Waals surface area contributed by atoms with E-state index in [2.05, 4.69) is 5.32 Å². The molecule has 4 nitrogen and oxygen atoms in total. The Morgan fingerprint density at radius 2 is 2.31 bits per heavy atom. The Hall–Kier alpha value is -1.08. The minimum atomic E-state index is -0.0494. The number of hydrogen-bond donors (Lipinski definition) is 2. The van der Waals surface area contributed by atoms with Crippen molar-refractivity contribution in [3.63, 3.8) is 0 Å². The molecule has 72 valence electrons. The monoisotopic (exact) mass is 181 g/mol. The molecule has 0 saturated heterocycles. The van der Waals surface area contributed by atoms with Gasteiger partial charge in [0.1, 0.15) is 6.54 Å². The molecule has 0 bridgehead atoms. The molecule has 1 aliphatic rings. The van der Waals surface area contributed by atoms with Crippen molar-refractivity contribution in [3.05, 3.63) is 0 Å². The molecule has 1 amide bonds. The average Bonchev–Trinajstić information content (AvgIpc) is 2.08. The van der Waals surface area contributed by atoms with Crippen LogP contribution in [0.25, 0.3) is 0 Å². The fourth-order valence-electron chi connectivity index (χ4n) is 1.67. The van der Waals surface area contributed by atoms with Crippen molar-refractivity contribution in [2.45, 2.75) is 25.7 Å². The SMILES string of the molecule is N#CCNC(=O)CC1(CN)CCC1. The van der Waals surface area contributed by atoms with Gasteiger partial charge in [-0.05, 0) is 24.8 Å². The summed E-state index contributed by atoms with van der Waals surface area (Å²) in [6.07, 6.45) is 3.74. The van der Waals surface area contributed by atoms with Gasteiger partial charge in [-0.25, -0.2) is 0 Å². The van der Waals surface area contributed by atoms with Crippen LogP contribution >= 0.6 is 0 Å². The van der Waals surface area contributed by atoms with E-state index < -0.39 is 0 Å². The second-order valence-electron chi connectivity index (χ2n) is 3.67. The molecule has 0 atom stereocenters. The molecule has 1 aliphatic carbocycles. The molecule has 0 aliphatic heterocycles. The third kappa shape index (κ3) is 2.43. The number of carbonyl (C=O) groups is 1. The quantitative estimate of drug-likeness (QED) is 0.606. The summed E-state index contributed by atoms with van der Waals surface area (Å²) < 4.78 is 0. The molecule has 3 N–H and O–H groups in total. The van der Waals surface area contributed by atoms with Crippen molar-refractivity contribution in [3.8, 4) is 6.07 Å². The van der Waals surface area contributed by atoms with E-state index in [9.17, 15) is 4.79 Å². The van der Waals surface area contributed by atoms with Gasteiger partial charge in [-0.1, -0.05) is 6.42 Å². The molecule has 0 spiro atoms. The standard InChI is InChI=1S/C9H15N3O/c10-4-5-12-8(13)6-9(7-11)2-1-3-9/h1-3,5-7,11H2,(H,12,13). The number of hydrogen-bond acceptors (Lipinski definition) is 3. The molecule has 1 saturated carbocycles. The third-order valence-corrected chi connectivity index (χ3v) is 2.75. The Morgan fingerprint density at radius 1 is 1.62 bits per heavy atom. The van der Waals surface area contributed by atoms with Crippen LogP contribution in [0.4, 0.5) is 0 Å². The smallest absolute Gasteiger partial charge is 0.221 e. The lowest BCUT2D eigenvalue weighted by Crippen LogP contribution is -2.42. The molecule has 0 unspecified atom stereocenters. The summed E-state index contributed by atoms with van der Waals surface area (Å²) in [6.45, 7) is 0.673. The van der Waals surface area contributed by atoms with E-state index in [0.29, 0.717) is 13.0 Å². The highest BCUT2D eigenvalue weighted by Crippen LogP contribution is 2.42. The van der Waals surface area contributed by atoms with Crippen LogP contribution < -0.4 is 11.1 Å². The van der Waals surface area contributed by atoms with Gasteiger partial charge in [-0.15, -0.1) is 0 Å². The Bertz CT molecular complexity index is 222. The normalized spacial score (nSPS) is 18.5. The minimum absolute atomic E-state index is 0.0412. The lowest BCUT2D eigenvalue weighted by Gasteiger charge is -2.40. The van der Waals surface area contributed by atoms with E-state index in [0.717, 1.165) is 12.8 Å². The lowest BCUT2D eigenvalue weighted by atomic mass is 9.66. The van der Waals surface area contributed by atoms with Crippen LogP contribution in [0.2, 0.25) is 0 Å². The van der Waals surface area contributed by atoms with Crippen molar-refractivity contribution in [2.24, 2.45) is 11.1 Å². The summed E-state index contributed by atoms with van der Waals surface area (Å²) in [7, 11) is 0. The highest BCUT2D eigenvalue weighted by molar-refractivity contribution is 5.77. The van der Waals surface area contributed by atoms with Crippen LogP contribution in [0.3, 0.4) is 0 Å². The predicted molar refractivity (Wildman–Crippen MR) is 48.6 cm³/mol. The van der Waals surface area contributed by atoms with E-state index in [-0.39, 0.29) is 17.9 Å². The minimum Gasteiger partial charge on any atom is -0.343 e. The van der Waals surface area contributed by atoms with Gasteiger partial charge < -0.3 is 11.1 Å². The number of rotatable bonds is 4. The molecule has 0 radical (unpaired) electrons. The number of nitrogens with zero attached hydrogens (tertiary/aromatic N) is 1. The van der Waals surface area contributed by atoms with Gasteiger partial charge in [0.15, 0.2) is 0 Å². The molecule has 0 aromatic rings. The maximum absolute atomic E-state index is 11.3. The fourth-order valence-corrected chi connectivity index (χ4v) is 1.67. The third-order valence-electron chi connectivity index (χ3n) is 2.75. The van der Waals surface area contributed by atoms with Crippen molar-refractivity contribution < 1.29 is 4.79 Å². The zero-order valence-electron chi connectivity index (χ0n) is 7.68. The van der Waals surface area contributed by atoms with E-state index in [1.54, 1.807) is 0 Å². The molecular formula is C9H15N3O. The molecule has 1 fully saturated rings. The van der Waals surface area contributed by atoms with Crippen molar-refractivity contribution in [1.82, 2.24) is 5.32 Å². The second kappa shape index (κ2) is 4.24. The lowest BCUT2D eigenvalue weighted by molar-refractivity contribution is -0.124. The number of amides is 1. The van der Waals surface area contributed by atoms with Gasteiger partial charge in [0, 0.05) is 6.42 Å². The summed E-state index contributed by atoms with van der Waals surface area (Å²) in [6, 6.07) is 1.88. The molecule has 13 heavy (non-hydrogen) atoms. The molecule has 4 heteroatoms. The van der Waals surface area contributed by atoms with Crippen LogP contribution in [0.1, 0.15) is 25.7 Å². The highest BCUT2D eigenvalue weighted by Gasteiger charge is 2.37. The Morgan fingerprint density at radius 3 is 2.69 bits per heavy atom. The van der Waals surface area contributed by atoms with Crippen molar-refractivity contribution in [1.29, 1.82) is 5.26 Å². The maximum atomic E-state index is 11.3. The van der Waals surface area contributed by atoms with Crippen LogP contribution in [-0.2, 0) is 4.79 Å². The average molecular weight is 181 g/mol. The first-order chi connectivity index (χ1) is 6.22. The Balaban J connectivity index is 2.30. The van der Waals surface area contributed by atoms with Crippen molar-refractivity contribution >= 4 is 5.91 Å². The molecular weight excluding hydrogens is 166 g/mol.